The Morgan fingerprint density at radius 3 is 2.87 bits per heavy atom. The van der Waals surface area contributed by atoms with Crippen LogP contribution in [0, 0.1) is 12.7 Å². The van der Waals surface area contributed by atoms with Gasteiger partial charge < -0.3 is 11.1 Å². The molecule has 0 bridgehead atoms. The molecule has 0 spiro atoms. The highest BCUT2D eigenvalue weighted by molar-refractivity contribution is 5.76. The quantitative estimate of drug-likeness (QED) is 0.875. The van der Waals surface area contributed by atoms with Crippen molar-refractivity contribution >= 4 is 11.7 Å². The first kappa shape index (κ1) is 16.7. The number of nitrogen functional groups attached to an aromatic ring is 1. The monoisotopic (exact) mass is 318 g/mol. The van der Waals surface area contributed by atoms with E-state index >= 15 is 0 Å². The van der Waals surface area contributed by atoms with Gasteiger partial charge in [-0.15, -0.1) is 0 Å². The van der Waals surface area contributed by atoms with Crippen molar-refractivity contribution in [2.24, 2.45) is 0 Å². The van der Waals surface area contributed by atoms with E-state index in [4.69, 9.17) is 5.73 Å². The topological polar surface area (TPSA) is 90.0 Å². The van der Waals surface area contributed by atoms with E-state index in [1.165, 1.54) is 22.9 Å². The molecule has 0 saturated heterocycles. The van der Waals surface area contributed by atoms with E-state index in [0.717, 1.165) is 0 Å². The number of anilines is 1. The maximum Gasteiger partial charge on any atom is 0.293 e. The van der Waals surface area contributed by atoms with Crippen LogP contribution >= 0.6 is 0 Å². The Morgan fingerprint density at radius 1 is 1.48 bits per heavy atom. The molecule has 1 unspecified atom stereocenters. The molecule has 1 heterocycles. The highest BCUT2D eigenvalue weighted by Gasteiger charge is 2.15. The summed E-state index contributed by atoms with van der Waals surface area (Å²) < 4.78 is 14.6. The number of amides is 1. The molecule has 0 radical (unpaired) electrons. The van der Waals surface area contributed by atoms with Crippen molar-refractivity contribution in [2.45, 2.75) is 32.9 Å². The van der Waals surface area contributed by atoms with Crippen molar-refractivity contribution in [1.82, 2.24) is 14.9 Å². The number of rotatable bonds is 5. The average Bonchev–Trinajstić information content (AvgIpc) is 2.53. The molecule has 0 aliphatic heterocycles. The van der Waals surface area contributed by atoms with Gasteiger partial charge in [-0.3, -0.25) is 14.2 Å². The van der Waals surface area contributed by atoms with Gasteiger partial charge in [0, 0.05) is 11.9 Å². The summed E-state index contributed by atoms with van der Waals surface area (Å²) in [4.78, 5) is 27.9. The standard InChI is InChI=1S/C16H19FN4O2/c1-3-13(11-5-4-6-12(17)7-11)20-14(22)9-21-10(2)8-19-15(18)16(21)23/h4-8,13H,3,9H2,1-2H3,(H2,18,19)(H,20,22). The van der Waals surface area contributed by atoms with Crippen LogP contribution in [0.15, 0.2) is 35.3 Å². The number of hydrogen-bond acceptors (Lipinski definition) is 4. The number of nitrogens with one attached hydrogen (secondary N) is 1. The zero-order valence-corrected chi connectivity index (χ0v) is 13.0. The second-order valence-corrected chi connectivity index (χ2v) is 5.26. The maximum atomic E-state index is 13.3. The second-order valence-electron chi connectivity index (χ2n) is 5.26. The number of benzene rings is 1. The number of aromatic nitrogens is 2. The first-order chi connectivity index (χ1) is 10.9. The Labute approximate surface area is 133 Å². The third kappa shape index (κ3) is 3.94. The summed E-state index contributed by atoms with van der Waals surface area (Å²) in [5.41, 5.74) is 6.20. The fraction of sp³-hybridized carbons (Fsp3) is 0.312. The van der Waals surface area contributed by atoms with Crippen LogP contribution in [-0.2, 0) is 11.3 Å². The maximum absolute atomic E-state index is 13.3. The number of nitrogens with two attached hydrogens (primary N) is 1. The molecule has 1 aromatic heterocycles. The molecule has 122 valence electrons. The Morgan fingerprint density at radius 2 is 2.22 bits per heavy atom. The molecule has 0 aliphatic rings. The van der Waals surface area contributed by atoms with Gasteiger partial charge in [0.25, 0.3) is 5.56 Å². The van der Waals surface area contributed by atoms with E-state index in [1.54, 1.807) is 19.1 Å². The van der Waals surface area contributed by atoms with Crippen LogP contribution in [0.5, 0.6) is 0 Å². The fourth-order valence-electron chi connectivity index (χ4n) is 2.31. The lowest BCUT2D eigenvalue weighted by atomic mass is 10.0. The predicted molar refractivity (Wildman–Crippen MR) is 85.2 cm³/mol. The molecule has 1 amide bonds. The Bertz CT molecular complexity index is 773. The van der Waals surface area contributed by atoms with Gasteiger partial charge in [0.15, 0.2) is 5.82 Å². The zero-order valence-electron chi connectivity index (χ0n) is 13.0. The van der Waals surface area contributed by atoms with Gasteiger partial charge in [0.1, 0.15) is 12.4 Å². The van der Waals surface area contributed by atoms with Crippen LogP contribution in [0.3, 0.4) is 0 Å². The van der Waals surface area contributed by atoms with Gasteiger partial charge in [0.2, 0.25) is 5.91 Å². The molecule has 23 heavy (non-hydrogen) atoms. The van der Waals surface area contributed by atoms with E-state index in [0.29, 0.717) is 17.7 Å². The van der Waals surface area contributed by atoms with Gasteiger partial charge in [-0.2, -0.15) is 0 Å². The van der Waals surface area contributed by atoms with Crippen LogP contribution in [0.2, 0.25) is 0 Å². The Hall–Kier alpha value is -2.70. The molecule has 6 nitrogen and oxygen atoms in total. The number of hydrogen-bond donors (Lipinski definition) is 2. The largest absolute Gasteiger partial charge is 0.379 e. The highest BCUT2D eigenvalue weighted by Crippen LogP contribution is 2.17. The highest BCUT2D eigenvalue weighted by atomic mass is 19.1. The average molecular weight is 318 g/mol. The molecule has 2 rings (SSSR count). The van der Waals surface area contributed by atoms with Crippen LogP contribution in [0.1, 0.15) is 30.6 Å². The molecule has 1 atom stereocenters. The van der Waals surface area contributed by atoms with Gasteiger partial charge >= 0.3 is 0 Å². The van der Waals surface area contributed by atoms with Gasteiger partial charge in [-0.1, -0.05) is 19.1 Å². The van der Waals surface area contributed by atoms with Crippen molar-refractivity contribution in [3.05, 3.63) is 57.9 Å². The molecule has 0 saturated carbocycles. The first-order valence-electron chi connectivity index (χ1n) is 7.29. The third-order valence-electron chi connectivity index (χ3n) is 3.58. The normalized spacial score (nSPS) is 12.0. The van der Waals surface area contributed by atoms with Crippen molar-refractivity contribution in [1.29, 1.82) is 0 Å². The number of carbonyl (C=O) groups excluding carboxylic acids is 1. The molecule has 1 aromatic carbocycles. The summed E-state index contributed by atoms with van der Waals surface area (Å²) in [5.74, 6) is -0.860. The summed E-state index contributed by atoms with van der Waals surface area (Å²) >= 11 is 0. The summed E-state index contributed by atoms with van der Waals surface area (Å²) in [6.07, 6.45) is 2.04. The van der Waals surface area contributed by atoms with Crippen molar-refractivity contribution in [2.75, 3.05) is 5.73 Å². The molecule has 3 N–H and O–H groups in total. The Kier molecular flexibility index (Phi) is 5.10. The minimum Gasteiger partial charge on any atom is -0.379 e. The fourth-order valence-corrected chi connectivity index (χ4v) is 2.31. The van der Waals surface area contributed by atoms with Crippen LogP contribution in [-0.4, -0.2) is 15.5 Å². The molecular weight excluding hydrogens is 299 g/mol. The van der Waals surface area contributed by atoms with Gasteiger partial charge in [0.05, 0.1) is 6.04 Å². The summed E-state index contributed by atoms with van der Waals surface area (Å²) in [6.45, 7) is 3.39. The van der Waals surface area contributed by atoms with Crippen molar-refractivity contribution in [3.63, 3.8) is 0 Å². The minimum atomic E-state index is -0.501. The van der Waals surface area contributed by atoms with Crippen molar-refractivity contribution < 1.29 is 9.18 Å². The second kappa shape index (κ2) is 7.04. The lowest BCUT2D eigenvalue weighted by Gasteiger charge is -2.18. The summed E-state index contributed by atoms with van der Waals surface area (Å²) in [5, 5.41) is 2.81. The van der Waals surface area contributed by atoms with Gasteiger partial charge in [-0.05, 0) is 31.0 Å². The van der Waals surface area contributed by atoms with Crippen molar-refractivity contribution in [3.8, 4) is 0 Å². The van der Waals surface area contributed by atoms with E-state index in [9.17, 15) is 14.0 Å². The minimum absolute atomic E-state index is 0.152. The number of nitrogens with zero attached hydrogens (tertiary/aromatic N) is 2. The van der Waals surface area contributed by atoms with E-state index in [1.807, 2.05) is 6.92 Å². The number of halogens is 1. The van der Waals surface area contributed by atoms with E-state index in [-0.39, 0.29) is 30.1 Å². The van der Waals surface area contributed by atoms with E-state index in [2.05, 4.69) is 10.3 Å². The van der Waals surface area contributed by atoms with Crippen LogP contribution in [0.25, 0.3) is 0 Å². The van der Waals surface area contributed by atoms with Crippen LogP contribution in [0.4, 0.5) is 10.2 Å². The first-order valence-corrected chi connectivity index (χ1v) is 7.29. The molecule has 7 heteroatoms. The molecule has 0 fully saturated rings. The zero-order chi connectivity index (χ0) is 17.0. The molecular formula is C16H19FN4O2. The predicted octanol–water partition coefficient (Wildman–Crippen LogP) is 1.54. The smallest absolute Gasteiger partial charge is 0.293 e. The van der Waals surface area contributed by atoms with E-state index < -0.39 is 5.56 Å². The molecule has 0 aliphatic carbocycles. The lowest BCUT2D eigenvalue weighted by molar-refractivity contribution is -0.122. The van der Waals surface area contributed by atoms with Crippen LogP contribution < -0.4 is 16.6 Å². The third-order valence-corrected chi connectivity index (χ3v) is 3.58. The summed E-state index contributed by atoms with van der Waals surface area (Å²) in [6, 6.07) is 5.75. The SMILES string of the molecule is CCC(NC(=O)Cn1c(C)cnc(N)c1=O)c1cccc(F)c1. The summed E-state index contributed by atoms with van der Waals surface area (Å²) in [7, 11) is 0. The Balaban J connectivity index is 2.15. The van der Waals surface area contributed by atoms with Gasteiger partial charge in [-0.25, -0.2) is 9.37 Å². The number of carbonyl (C=O) groups is 1. The molecule has 2 aromatic rings. The lowest BCUT2D eigenvalue weighted by Crippen LogP contribution is -2.36. The number of aryl methyl sites for hydroxylation is 1.